The lowest BCUT2D eigenvalue weighted by atomic mass is 10.1. The van der Waals surface area contributed by atoms with Crippen molar-refractivity contribution in [2.45, 2.75) is 42.0 Å². The van der Waals surface area contributed by atoms with Gasteiger partial charge in [-0.3, -0.25) is 0 Å². The van der Waals surface area contributed by atoms with Gasteiger partial charge in [0.15, 0.2) is 5.69 Å². The van der Waals surface area contributed by atoms with Gasteiger partial charge in [-0.05, 0) is 36.9 Å². The minimum atomic E-state index is -3.85. The number of thioether (sulfide) groups is 1. The SMILES string of the molecule is CCCCC1CN(c2ccccc2)c2cc(SC)c(Oc3cccc(C(=O)O)n3)cc2S(=O)(=O)N1C. The second-order valence-corrected chi connectivity index (χ2v) is 11.3. The average Bonchev–Trinajstić information content (AvgIpc) is 2.96. The molecule has 0 saturated heterocycles. The van der Waals surface area contributed by atoms with Crippen LogP contribution in [0.2, 0.25) is 0 Å². The molecule has 1 aliphatic heterocycles. The van der Waals surface area contributed by atoms with Crippen LogP contribution in [-0.2, 0) is 10.0 Å². The number of benzene rings is 2. The molecule has 0 saturated carbocycles. The number of aromatic nitrogens is 1. The fraction of sp³-hybridized carbons (Fsp3) is 0.308. The quantitative estimate of drug-likeness (QED) is 0.377. The van der Waals surface area contributed by atoms with E-state index in [9.17, 15) is 18.3 Å². The Morgan fingerprint density at radius 1 is 1.17 bits per heavy atom. The molecule has 2 heterocycles. The van der Waals surface area contributed by atoms with Crippen molar-refractivity contribution in [3.05, 3.63) is 66.4 Å². The molecular formula is C26H29N3O5S2. The van der Waals surface area contributed by atoms with Crippen molar-refractivity contribution in [2.24, 2.45) is 0 Å². The third-order valence-electron chi connectivity index (χ3n) is 6.22. The predicted octanol–water partition coefficient (Wildman–Crippen LogP) is 5.63. The summed E-state index contributed by atoms with van der Waals surface area (Å²) in [6.07, 6.45) is 4.51. The Morgan fingerprint density at radius 3 is 2.58 bits per heavy atom. The number of carboxylic acids is 1. The van der Waals surface area contributed by atoms with Crippen molar-refractivity contribution >= 4 is 39.1 Å². The Kier molecular flexibility index (Phi) is 7.87. The molecule has 0 spiro atoms. The summed E-state index contributed by atoms with van der Waals surface area (Å²) < 4.78 is 35.2. The van der Waals surface area contributed by atoms with E-state index in [0.29, 0.717) is 22.9 Å². The standard InChI is InChI=1S/C26H29N3O5S2/c1-4-5-10-19-17-29(18-11-7-6-8-12-18)21-15-23(35-3)22(16-24(21)36(32,33)28(19)2)34-25-14-9-13-20(27-25)26(30)31/h6-9,11-16,19H,4-5,10,17H2,1-3H3,(H,30,31). The van der Waals surface area contributed by atoms with Crippen LogP contribution in [0.3, 0.4) is 0 Å². The lowest BCUT2D eigenvalue weighted by Gasteiger charge is -2.29. The van der Waals surface area contributed by atoms with Crippen molar-refractivity contribution in [3.63, 3.8) is 0 Å². The van der Waals surface area contributed by atoms with Crippen LogP contribution >= 0.6 is 11.8 Å². The fourth-order valence-electron chi connectivity index (χ4n) is 4.23. The van der Waals surface area contributed by atoms with Crippen LogP contribution in [0.1, 0.15) is 36.7 Å². The van der Waals surface area contributed by atoms with E-state index in [1.54, 1.807) is 13.1 Å². The molecule has 0 bridgehead atoms. The molecule has 8 nitrogen and oxygen atoms in total. The summed E-state index contributed by atoms with van der Waals surface area (Å²) in [5.41, 5.74) is 1.33. The third kappa shape index (κ3) is 5.21. The Morgan fingerprint density at radius 2 is 1.92 bits per heavy atom. The minimum Gasteiger partial charge on any atom is -0.477 e. The number of rotatable bonds is 8. The molecule has 1 atom stereocenters. The maximum Gasteiger partial charge on any atom is 0.354 e. The molecule has 1 N–H and O–H groups in total. The zero-order chi connectivity index (χ0) is 25.9. The van der Waals surface area contributed by atoms with Gasteiger partial charge in [-0.15, -0.1) is 11.8 Å². The monoisotopic (exact) mass is 527 g/mol. The van der Waals surface area contributed by atoms with Gasteiger partial charge in [0.05, 0.1) is 10.6 Å². The van der Waals surface area contributed by atoms with Gasteiger partial charge in [0.25, 0.3) is 0 Å². The van der Waals surface area contributed by atoms with Gasteiger partial charge in [-0.2, -0.15) is 4.31 Å². The van der Waals surface area contributed by atoms with Crippen molar-refractivity contribution < 1.29 is 23.1 Å². The Labute approximate surface area is 216 Å². The van der Waals surface area contributed by atoms with E-state index in [2.05, 4.69) is 16.8 Å². The second kappa shape index (κ2) is 10.9. The smallest absolute Gasteiger partial charge is 0.354 e. The third-order valence-corrected chi connectivity index (χ3v) is 8.91. The Balaban J connectivity index is 1.88. The van der Waals surface area contributed by atoms with E-state index in [0.717, 1.165) is 24.9 Å². The molecule has 36 heavy (non-hydrogen) atoms. The highest BCUT2D eigenvalue weighted by molar-refractivity contribution is 7.98. The lowest BCUT2D eigenvalue weighted by molar-refractivity contribution is 0.0689. The predicted molar refractivity (Wildman–Crippen MR) is 141 cm³/mol. The molecule has 10 heteroatoms. The van der Waals surface area contributed by atoms with Crippen molar-refractivity contribution in [1.29, 1.82) is 0 Å². The maximum atomic E-state index is 13.9. The Hall–Kier alpha value is -3.08. The number of fused-ring (bicyclic) bond motifs is 1. The van der Waals surface area contributed by atoms with Crippen molar-refractivity contribution in [3.8, 4) is 11.6 Å². The van der Waals surface area contributed by atoms with Crippen LogP contribution in [0.5, 0.6) is 11.6 Å². The van der Waals surface area contributed by atoms with E-state index >= 15 is 0 Å². The molecule has 1 unspecified atom stereocenters. The largest absolute Gasteiger partial charge is 0.477 e. The van der Waals surface area contributed by atoms with E-state index in [-0.39, 0.29) is 22.5 Å². The molecule has 190 valence electrons. The van der Waals surface area contributed by atoms with Gasteiger partial charge in [-0.1, -0.05) is 44.0 Å². The van der Waals surface area contributed by atoms with Crippen LogP contribution in [0.4, 0.5) is 11.4 Å². The number of nitrogens with zero attached hydrogens (tertiary/aromatic N) is 3. The number of sulfonamides is 1. The summed E-state index contributed by atoms with van der Waals surface area (Å²) in [6.45, 7) is 2.61. The number of unbranched alkanes of at least 4 members (excludes halogenated alkanes) is 1. The van der Waals surface area contributed by atoms with Crippen molar-refractivity contribution in [2.75, 3.05) is 24.7 Å². The fourth-order valence-corrected chi connectivity index (χ4v) is 6.33. The second-order valence-electron chi connectivity index (χ2n) is 8.50. The van der Waals surface area contributed by atoms with E-state index < -0.39 is 16.0 Å². The number of ether oxygens (including phenoxy) is 1. The van der Waals surface area contributed by atoms with Crippen molar-refractivity contribution in [1.82, 2.24) is 9.29 Å². The maximum absolute atomic E-state index is 13.9. The molecule has 0 aliphatic carbocycles. The average molecular weight is 528 g/mol. The van der Waals surface area contributed by atoms with E-state index in [1.807, 2.05) is 42.7 Å². The summed E-state index contributed by atoms with van der Waals surface area (Å²) >= 11 is 1.41. The minimum absolute atomic E-state index is 0.0743. The number of anilines is 2. The van der Waals surface area contributed by atoms with Crippen LogP contribution < -0.4 is 9.64 Å². The molecule has 1 aliphatic rings. The zero-order valence-electron chi connectivity index (χ0n) is 20.4. The van der Waals surface area contributed by atoms with Gasteiger partial charge >= 0.3 is 5.97 Å². The highest BCUT2D eigenvalue weighted by Crippen LogP contribution is 2.44. The number of para-hydroxylation sites is 1. The lowest BCUT2D eigenvalue weighted by Crippen LogP contribution is -2.40. The molecule has 0 amide bonds. The molecule has 0 fully saturated rings. The number of likely N-dealkylation sites (N-methyl/N-ethyl adjacent to an activating group) is 1. The molecule has 1 aromatic heterocycles. The first-order chi connectivity index (χ1) is 17.3. The number of carbonyl (C=O) groups is 1. The van der Waals surface area contributed by atoms with Gasteiger partial charge in [0, 0.05) is 37.5 Å². The molecule has 2 aromatic carbocycles. The topological polar surface area (TPSA) is 100 Å². The van der Waals surface area contributed by atoms with Gasteiger partial charge in [0.2, 0.25) is 15.9 Å². The van der Waals surface area contributed by atoms with E-state index in [1.165, 1.54) is 34.3 Å². The van der Waals surface area contributed by atoms with Gasteiger partial charge in [-0.25, -0.2) is 18.2 Å². The molecule has 3 aromatic rings. The summed E-state index contributed by atoms with van der Waals surface area (Å²) in [7, 11) is -2.22. The highest BCUT2D eigenvalue weighted by Gasteiger charge is 2.37. The van der Waals surface area contributed by atoms with Gasteiger partial charge in [0.1, 0.15) is 10.6 Å². The summed E-state index contributed by atoms with van der Waals surface area (Å²) in [6, 6.07) is 17.4. The first-order valence-electron chi connectivity index (χ1n) is 11.7. The van der Waals surface area contributed by atoms with Crippen LogP contribution in [0.15, 0.2) is 70.5 Å². The molecule has 4 rings (SSSR count). The first kappa shape index (κ1) is 26.0. The van der Waals surface area contributed by atoms with Crippen LogP contribution in [0.25, 0.3) is 0 Å². The molecular weight excluding hydrogens is 498 g/mol. The summed E-state index contributed by atoms with van der Waals surface area (Å²) in [4.78, 5) is 18.3. The van der Waals surface area contributed by atoms with Crippen LogP contribution in [-0.4, -0.2) is 54.7 Å². The number of pyridine rings is 1. The first-order valence-corrected chi connectivity index (χ1v) is 14.3. The summed E-state index contributed by atoms with van der Waals surface area (Å²) in [5.74, 6) is -0.799. The highest BCUT2D eigenvalue weighted by atomic mass is 32.2. The van der Waals surface area contributed by atoms with Gasteiger partial charge < -0.3 is 14.7 Å². The van der Waals surface area contributed by atoms with E-state index in [4.69, 9.17) is 4.74 Å². The number of carboxylic acid groups (broad SMARTS) is 1. The number of aromatic carboxylic acids is 1. The zero-order valence-corrected chi connectivity index (χ0v) is 22.1. The summed E-state index contributed by atoms with van der Waals surface area (Å²) in [5, 5.41) is 9.27. The number of hydrogen-bond acceptors (Lipinski definition) is 7. The normalized spacial score (nSPS) is 17.3. The Bertz CT molecular complexity index is 1350. The van der Waals surface area contributed by atoms with Crippen LogP contribution in [0, 0.1) is 0 Å². The molecule has 0 radical (unpaired) electrons. The number of hydrogen-bond donors (Lipinski definition) is 1.